The summed E-state index contributed by atoms with van der Waals surface area (Å²) in [6.45, 7) is 6.56. The minimum atomic E-state index is -1.34. The van der Waals surface area contributed by atoms with Gasteiger partial charge < -0.3 is 35.7 Å². The monoisotopic (exact) mass is 554 g/mol. The van der Waals surface area contributed by atoms with Crippen LogP contribution in [0, 0.1) is 23.2 Å². The first-order valence-electron chi connectivity index (χ1n) is 13.6. The molecule has 2 heterocycles. The number of carbonyl (C=O) groups excluding carboxylic acids is 4. The molecule has 4 atom stereocenters. The second-order valence-electron chi connectivity index (χ2n) is 10.3. The maximum Gasteiger partial charge on any atom is 0.408 e. The van der Waals surface area contributed by atoms with E-state index in [1.807, 2.05) is 32.9 Å². The molecule has 1 aromatic carbocycles. The molecule has 1 aliphatic heterocycles. The Morgan fingerprint density at radius 1 is 1.23 bits per heavy atom. The molecule has 1 aliphatic rings. The average molecular weight is 555 g/mol. The lowest BCUT2D eigenvalue weighted by Gasteiger charge is -2.28. The van der Waals surface area contributed by atoms with Gasteiger partial charge in [0.25, 0.3) is 5.91 Å². The van der Waals surface area contributed by atoms with E-state index in [0.29, 0.717) is 43.6 Å². The molecule has 0 aliphatic carbocycles. The lowest BCUT2D eigenvalue weighted by atomic mass is 9.94. The van der Waals surface area contributed by atoms with Crippen LogP contribution in [0.1, 0.15) is 56.9 Å². The van der Waals surface area contributed by atoms with Crippen molar-refractivity contribution in [3.05, 3.63) is 30.0 Å². The SMILES string of the molecule is CCCNC(=O)OC(C#N)[C@H](C[C@@H]1CCNC1=O)NC(=O)[C@H](CC(C)C)NC(=O)c1cc2c(OC)cccc2[nH]1. The van der Waals surface area contributed by atoms with Gasteiger partial charge in [0, 0.05) is 29.9 Å². The van der Waals surface area contributed by atoms with Crippen LogP contribution in [0.2, 0.25) is 0 Å². The first-order chi connectivity index (χ1) is 19.2. The van der Waals surface area contributed by atoms with Crippen molar-refractivity contribution in [1.82, 2.24) is 26.3 Å². The third-order valence-corrected chi connectivity index (χ3v) is 6.69. The smallest absolute Gasteiger partial charge is 0.408 e. The van der Waals surface area contributed by atoms with E-state index in [9.17, 15) is 24.4 Å². The summed E-state index contributed by atoms with van der Waals surface area (Å²) >= 11 is 0. The summed E-state index contributed by atoms with van der Waals surface area (Å²) in [4.78, 5) is 54.3. The number of nitriles is 1. The fourth-order valence-corrected chi connectivity index (χ4v) is 4.67. The number of H-pyrrole nitrogens is 1. The molecular formula is C28H38N6O6. The molecule has 12 nitrogen and oxygen atoms in total. The highest BCUT2D eigenvalue weighted by Crippen LogP contribution is 2.26. The van der Waals surface area contributed by atoms with Gasteiger partial charge in [-0.05, 0) is 49.8 Å². The molecule has 4 amide bonds. The van der Waals surface area contributed by atoms with E-state index in [1.165, 1.54) is 0 Å². The van der Waals surface area contributed by atoms with Crippen LogP contribution in [0.5, 0.6) is 5.75 Å². The summed E-state index contributed by atoms with van der Waals surface area (Å²) in [7, 11) is 1.54. The van der Waals surface area contributed by atoms with Crippen LogP contribution in [0.3, 0.4) is 0 Å². The number of amides is 4. The van der Waals surface area contributed by atoms with Crippen molar-refractivity contribution in [3.63, 3.8) is 0 Å². The Balaban J connectivity index is 1.80. The van der Waals surface area contributed by atoms with Gasteiger partial charge >= 0.3 is 6.09 Å². The van der Waals surface area contributed by atoms with Crippen molar-refractivity contribution in [2.75, 3.05) is 20.2 Å². The van der Waals surface area contributed by atoms with Crippen molar-refractivity contribution >= 4 is 34.7 Å². The number of alkyl carbamates (subject to hydrolysis) is 1. The number of hydrogen-bond donors (Lipinski definition) is 5. The van der Waals surface area contributed by atoms with Crippen LogP contribution in [0.15, 0.2) is 24.3 Å². The minimum absolute atomic E-state index is 0.0424. The van der Waals surface area contributed by atoms with Crippen LogP contribution in [0.4, 0.5) is 4.79 Å². The first kappa shape index (κ1) is 30.3. The highest BCUT2D eigenvalue weighted by Gasteiger charge is 2.36. The number of carbonyl (C=O) groups is 4. The van der Waals surface area contributed by atoms with E-state index < -0.39 is 42.0 Å². The standard InChI is InChI=1S/C28H38N6O6/c1-5-10-31-28(38)40-24(15-29)20(13-17-9-11-30-25(17)35)33-26(36)21(12-16(2)3)34-27(37)22-14-18-19(32-22)7-6-8-23(18)39-4/h6-8,14,16-17,20-21,24,32H,5,9-13H2,1-4H3,(H,30,35)(H,31,38)(H,33,36)(H,34,37)/t17-,20-,21-,24?/m0/s1. The molecule has 0 saturated carbocycles. The fraction of sp³-hybridized carbons (Fsp3) is 0.536. The van der Waals surface area contributed by atoms with Crippen LogP contribution in [-0.4, -0.2) is 67.2 Å². The number of aromatic amines is 1. The number of methoxy groups -OCH3 is 1. The van der Waals surface area contributed by atoms with E-state index in [-0.39, 0.29) is 23.9 Å². The molecule has 3 rings (SSSR count). The lowest BCUT2D eigenvalue weighted by molar-refractivity contribution is -0.126. The fourth-order valence-electron chi connectivity index (χ4n) is 4.67. The largest absolute Gasteiger partial charge is 0.496 e. The zero-order valence-corrected chi connectivity index (χ0v) is 23.3. The van der Waals surface area contributed by atoms with Crippen molar-refractivity contribution in [2.45, 2.75) is 64.6 Å². The van der Waals surface area contributed by atoms with E-state index >= 15 is 0 Å². The van der Waals surface area contributed by atoms with E-state index in [2.05, 4.69) is 26.3 Å². The highest BCUT2D eigenvalue weighted by atomic mass is 16.6. The number of benzene rings is 1. The van der Waals surface area contributed by atoms with Crippen molar-refractivity contribution < 1.29 is 28.7 Å². The Morgan fingerprint density at radius 2 is 2.00 bits per heavy atom. The maximum atomic E-state index is 13.5. The molecule has 1 fully saturated rings. The molecule has 5 N–H and O–H groups in total. The molecule has 0 bridgehead atoms. The number of rotatable bonds is 13. The normalized spacial score (nSPS) is 16.9. The van der Waals surface area contributed by atoms with Gasteiger partial charge in [-0.2, -0.15) is 5.26 Å². The summed E-state index contributed by atoms with van der Waals surface area (Å²) in [6.07, 6.45) is -0.514. The number of fused-ring (bicyclic) bond motifs is 1. The summed E-state index contributed by atoms with van der Waals surface area (Å²) in [5.41, 5.74) is 0.964. The van der Waals surface area contributed by atoms with Gasteiger partial charge in [0.15, 0.2) is 0 Å². The van der Waals surface area contributed by atoms with Gasteiger partial charge in [-0.15, -0.1) is 0 Å². The van der Waals surface area contributed by atoms with Gasteiger partial charge in [-0.1, -0.05) is 26.8 Å². The average Bonchev–Trinajstić information content (AvgIpc) is 3.55. The highest BCUT2D eigenvalue weighted by molar-refractivity contribution is 6.01. The minimum Gasteiger partial charge on any atom is -0.496 e. The van der Waals surface area contributed by atoms with Crippen LogP contribution in [0.25, 0.3) is 10.9 Å². The summed E-state index contributed by atoms with van der Waals surface area (Å²) in [5, 5.41) is 21.4. The predicted molar refractivity (Wildman–Crippen MR) is 147 cm³/mol. The Hall–Kier alpha value is -4.27. The van der Waals surface area contributed by atoms with Crippen molar-refractivity contribution in [3.8, 4) is 11.8 Å². The second kappa shape index (κ2) is 14.2. The molecule has 216 valence electrons. The van der Waals surface area contributed by atoms with Gasteiger partial charge in [0.1, 0.15) is 23.6 Å². The van der Waals surface area contributed by atoms with Gasteiger partial charge in [0.05, 0.1) is 13.2 Å². The lowest BCUT2D eigenvalue weighted by Crippen LogP contribution is -2.54. The van der Waals surface area contributed by atoms with Gasteiger partial charge in [0.2, 0.25) is 17.9 Å². The van der Waals surface area contributed by atoms with E-state index in [1.54, 1.807) is 25.3 Å². The summed E-state index contributed by atoms with van der Waals surface area (Å²) < 4.78 is 10.7. The topological polar surface area (TPSA) is 174 Å². The van der Waals surface area contributed by atoms with Crippen molar-refractivity contribution in [1.29, 1.82) is 5.26 Å². The number of aromatic nitrogens is 1. The summed E-state index contributed by atoms with van der Waals surface area (Å²) in [5.74, 6) is -1.03. The quantitative estimate of drug-likeness (QED) is 0.253. The van der Waals surface area contributed by atoms with Crippen molar-refractivity contribution in [2.24, 2.45) is 11.8 Å². The van der Waals surface area contributed by atoms with Crippen LogP contribution in [-0.2, 0) is 14.3 Å². The molecule has 0 radical (unpaired) electrons. The number of nitrogens with one attached hydrogen (secondary N) is 5. The Bertz CT molecular complexity index is 1250. The van der Waals surface area contributed by atoms with Gasteiger partial charge in [-0.25, -0.2) is 4.79 Å². The second-order valence-corrected chi connectivity index (χ2v) is 10.3. The number of ether oxygens (including phenoxy) is 2. The van der Waals surface area contributed by atoms with Gasteiger partial charge in [-0.3, -0.25) is 14.4 Å². The molecule has 2 aromatic rings. The predicted octanol–water partition coefficient (Wildman–Crippen LogP) is 2.36. The van der Waals surface area contributed by atoms with E-state index in [0.717, 1.165) is 5.39 Å². The Labute approximate surface area is 233 Å². The third kappa shape index (κ3) is 7.88. The first-order valence-corrected chi connectivity index (χ1v) is 13.6. The zero-order chi connectivity index (χ0) is 29.2. The molecular weight excluding hydrogens is 516 g/mol. The molecule has 40 heavy (non-hydrogen) atoms. The molecule has 1 unspecified atom stereocenters. The maximum absolute atomic E-state index is 13.5. The Kier molecular flexibility index (Phi) is 10.8. The molecule has 1 aromatic heterocycles. The molecule has 12 heteroatoms. The molecule has 0 spiro atoms. The van der Waals surface area contributed by atoms with Crippen LogP contribution >= 0.6 is 0 Å². The third-order valence-electron chi connectivity index (χ3n) is 6.69. The zero-order valence-electron chi connectivity index (χ0n) is 23.3. The van der Waals surface area contributed by atoms with Crippen LogP contribution < -0.4 is 26.0 Å². The number of nitrogens with zero attached hydrogens (tertiary/aromatic N) is 1. The summed E-state index contributed by atoms with van der Waals surface area (Å²) in [6, 6.07) is 7.08. The Morgan fingerprint density at radius 3 is 2.62 bits per heavy atom. The number of hydrogen-bond acceptors (Lipinski definition) is 7. The van der Waals surface area contributed by atoms with E-state index in [4.69, 9.17) is 9.47 Å². The molecule has 1 saturated heterocycles.